The lowest BCUT2D eigenvalue weighted by molar-refractivity contribution is 0.533. The van der Waals surface area contributed by atoms with Gasteiger partial charge in [-0.1, -0.05) is 13.0 Å². The number of hydrogen-bond donors (Lipinski definition) is 1. The topological polar surface area (TPSA) is 41.3 Å². The molecule has 0 spiro atoms. The second kappa shape index (κ2) is 4.37. The molecule has 1 saturated heterocycles. The molecule has 1 fully saturated rings. The lowest BCUT2D eigenvalue weighted by atomic mass is 10.2. The van der Waals surface area contributed by atoms with Crippen molar-refractivity contribution in [2.24, 2.45) is 0 Å². The molecule has 1 aromatic carbocycles. The molecule has 0 bridgehead atoms. The van der Waals surface area contributed by atoms with E-state index >= 15 is 0 Å². The summed E-state index contributed by atoms with van der Waals surface area (Å²) in [6.07, 6.45) is 0.843. The number of aryl methyl sites for hydroxylation is 1. The summed E-state index contributed by atoms with van der Waals surface area (Å²) in [5.41, 5.74) is 3.08. The Morgan fingerprint density at radius 3 is 2.94 bits per heavy atom. The molecular weight excluding hydrogens is 214 g/mol. The molecular formula is C13H17N3O. The number of fused-ring (bicyclic) bond motifs is 1. The first-order chi connectivity index (χ1) is 8.38. The third-order valence-electron chi connectivity index (χ3n) is 3.20. The van der Waals surface area contributed by atoms with Crippen molar-refractivity contribution in [2.75, 3.05) is 31.1 Å². The number of aromatic nitrogens is 1. The fourth-order valence-corrected chi connectivity index (χ4v) is 2.29. The summed E-state index contributed by atoms with van der Waals surface area (Å²) in [5.74, 6) is 0.822. The zero-order valence-corrected chi connectivity index (χ0v) is 10.1. The van der Waals surface area contributed by atoms with E-state index in [0.29, 0.717) is 0 Å². The summed E-state index contributed by atoms with van der Waals surface area (Å²) >= 11 is 0. The number of nitrogens with one attached hydrogen (secondary N) is 1. The summed E-state index contributed by atoms with van der Waals surface area (Å²) in [4.78, 5) is 6.84. The summed E-state index contributed by atoms with van der Waals surface area (Å²) in [6.45, 7) is 6.19. The highest BCUT2D eigenvalue weighted by molar-refractivity contribution is 5.86. The minimum atomic E-state index is 0.822. The maximum atomic E-state index is 5.83. The van der Waals surface area contributed by atoms with E-state index in [4.69, 9.17) is 4.42 Å². The normalized spacial score (nSPS) is 16.6. The quantitative estimate of drug-likeness (QED) is 0.855. The van der Waals surface area contributed by atoms with Gasteiger partial charge in [-0.05, 0) is 12.1 Å². The Bertz CT molecular complexity index is 514. The highest BCUT2D eigenvalue weighted by atomic mass is 16.3. The zero-order chi connectivity index (χ0) is 11.7. The monoisotopic (exact) mass is 231 g/mol. The molecule has 0 aliphatic carbocycles. The van der Waals surface area contributed by atoms with Crippen LogP contribution in [0.15, 0.2) is 22.6 Å². The van der Waals surface area contributed by atoms with E-state index < -0.39 is 0 Å². The molecule has 0 unspecified atom stereocenters. The SMILES string of the molecule is CCc1nc2cccc(N3CCNCC3)c2o1. The van der Waals surface area contributed by atoms with Crippen LogP contribution in [0.5, 0.6) is 0 Å². The van der Waals surface area contributed by atoms with Crippen molar-refractivity contribution in [3.05, 3.63) is 24.1 Å². The minimum absolute atomic E-state index is 0.822. The molecule has 1 aromatic heterocycles. The van der Waals surface area contributed by atoms with E-state index in [1.54, 1.807) is 0 Å². The maximum Gasteiger partial charge on any atom is 0.195 e. The van der Waals surface area contributed by atoms with Gasteiger partial charge in [-0.3, -0.25) is 0 Å². The van der Waals surface area contributed by atoms with E-state index in [1.165, 1.54) is 5.69 Å². The first-order valence-corrected chi connectivity index (χ1v) is 6.22. The van der Waals surface area contributed by atoms with Crippen LogP contribution in [0.25, 0.3) is 11.1 Å². The van der Waals surface area contributed by atoms with Crippen LogP contribution < -0.4 is 10.2 Å². The summed E-state index contributed by atoms with van der Waals surface area (Å²) < 4.78 is 5.83. The number of hydrogen-bond acceptors (Lipinski definition) is 4. The molecule has 2 aromatic rings. The van der Waals surface area contributed by atoms with E-state index in [1.807, 2.05) is 6.07 Å². The molecule has 1 aliphatic heterocycles. The number of piperazine rings is 1. The average Bonchev–Trinajstić information content (AvgIpc) is 2.82. The minimum Gasteiger partial charge on any atom is -0.439 e. The lowest BCUT2D eigenvalue weighted by Crippen LogP contribution is -2.43. The van der Waals surface area contributed by atoms with Crippen molar-refractivity contribution in [1.82, 2.24) is 10.3 Å². The molecule has 0 radical (unpaired) electrons. The van der Waals surface area contributed by atoms with Gasteiger partial charge in [-0.15, -0.1) is 0 Å². The molecule has 17 heavy (non-hydrogen) atoms. The van der Waals surface area contributed by atoms with Crippen LogP contribution in [0, 0.1) is 0 Å². The van der Waals surface area contributed by atoms with Crippen LogP contribution in [0.3, 0.4) is 0 Å². The van der Waals surface area contributed by atoms with Crippen LogP contribution in [-0.4, -0.2) is 31.2 Å². The molecule has 4 nitrogen and oxygen atoms in total. The summed E-state index contributed by atoms with van der Waals surface area (Å²) in [7, 11) is 0. The summed E-state index contributed by atoms with van der Waals surface area (Å²) in [6, 6.07) is 6.20. The van der Waals surface area contributed by atoms with Gasteiger partial charge in [0.1, 0.15) is 5.52 Å². The van der Waals surface area contributed by atoms with Gasteiger partial charge in [0.25, 0.3) is 0 Å². The number of benzene rings is 1. The van der Waals surface area contributed by atoms with E-state index in [-0.39, 0.29) is 0 Å². The van der Waals surface area contributed by atoms with Gasteiger partial charge in [-0.2, -0.15) is 0 Å². The van der Waals surface area contributed by atoms with Crippen molar-refractivity contribution in [2.45, 2.75) is 13.3 Å². The first-order valence-electron chi connectivity index (χ1n) is 6.22. The van der Waals surface area contributed by atoms with Crippen molar-refractivity contribution < 1.29 is 4.42 Å². The number of anilines is 1. The molecule has 90 valence electrons. The van der Waals surface area contributed by atoms with Gasteiger partial charge in [0.05, 0.1) is 5.69 Å². The van der Waals surface area contributed by atoms with Gasteiger partial charge in [0.2, 0.25) is 0 Å². The van der Waals surface area contributed by atoms with Crippen molar-refractivity contribution in [1.29, 1.82) is 0 Å². The first kappa shape index (κ1) is 10.6. The number of rotatable bonds is 2. The number of para-hydroxylation sites is 1. The Balaban J connectivity index is 2.05. The molecule has 0 amide bonds. The number of oxazole rings is 1. The van der Waals surface area contributed by atoms with Crippen molar-refractivity contribution in [3.63, 3.8) is 0 Å². The second-order valence-corrected chi connectivity index (χ2v) is 4.32. The van der Waals surface area contributed by atoms with Crippen LogP contribution in [0.2, 0.25) is 0 Å². The maximum absolute atomic E-state index is 5.83. The Labute approximate surface area is 101 Å². The smallest absolute Gasteiger partial charge is 0.195 e. The van der Waals surface area contributed by atoms with E-state index in [0.717, 1.165) is 49.6 Å². The fourth-order valence-electron chi connectivity index (χ4n) is 2.29. The Kier molecular flexibility index (Phi) is 2.73. The Hall–Kier alpha value is -1.55. The van der Waals surface area contributed by atoms with E-state index in [2.05, 4.69) is 34.3 Å². The largest absolute Gasteiger partial charge is 0.439 e. The fraction of sp³-hybridized carbons (Fsp3) is 0.462. The molecule has 4 heteroatoms. The predicted molar refractivity (Wildman–Crippen MR) is 68.5 cm³/mol. The van der Waals surface area contributed by atoms with Crippen LogP contribution in [-0.2, 0) is 6.42 Å². The molecule has 0 saturated carbocycles. The molecule has 3 rings (SSSR count). The number of nitrogens with zero attached hydrogens (tertiary/aromatic N) is 2. The molecule has 1 aliphatic rings. The molecule has 2 heterocycles. The van der Waals surface area contributed by atoms with Crippen LogP contribution in [0.4, 0.5) is 5.69 Å². The Morgan fingerprint density at radius 2 is 2.18 bits per heavy atom. The average molecular weight is 231 g/mol. The van der Waals surface area contributed by atoms with Crippen LogP contribution in [0.1, 0.15) is 12.8 Å². The third-order valence-corrected chi connectivity index (χ3v) is 3.20. The van der Waals surface area contributed by atoms with Crippen molar-refractivity contribution >= 4 is 16.8 Å². The predicted octanol–water partition coefficient (Wildman–Crippen LogP) is 1.80. The lowest BCUT2D eigenvalue weighted by Gasteiger charge is -2.29. The Morgan fingerprint density at radius 1 is 1.35 bits per heavy atom. The highest BCUT2D eigenvalue weighted by Crippen LogP contribution is 2.27. The second-order valence-electron chi connectivity index (χ2n) is 4.32. The van der Waals surface area contributed by atoms with E-state index in [9.17, 15) is 0 Å². The molecule has 1 N–H and O–H groups in total. The highest BCUT2D eigenvalue weighted by Gasteiger charge is 2.16. The van der Waals surface area contributed by atoms with Crippen molar-refractivity contribution in [3.8, 4) is 0 Å². The zero-order valence-electron chi connectivity index (χ0n) is 10.1. The third kappa shape index (κ3) is 1.89. The van der Waals surface area contributed by atoms with Gasteiger partial charge in [-0.25, -0.2) is 4.98 Å². The molecule has 0 atom stereocenters. The van der Waals surface area contributed by atoms with Gasteiger partial charge < -0.3 is 14.6 Å². The van der Waals surface area contributed by atoms with Gasteiger partial charge in [0.15, 0.2) is 11.5 Å². The summed E-state index contributed by atoms with van der Waals surface area (Å²) in [5, 5.41) is 3.36. The van der Waals surface area contributed by atoms with Gasteiger partial charge >= 0.3 is 0 Å². The van der Waals surface area contributed by atoms with Crippen LogP contribution >= 0.6 is 0 Å². The standard InChI is InChI=1S/C13H17N3O/c1-2-12-15-10-4-3-5-11(13(10)17-12)16-8-6-14-7-9-16/h3-5,14H,2,6-9H2,1H3. The van der Waals surface area contributed by atoms with Gasteiger partial charge in [0, 0.05) is 32.6 Å².